The standard InChI is InChI=1S/C28H27Cl2F2NO3/c1-2-28(31,32)20-5-3-19(4-6-20)17-26(34)33-22-8-10-23(11-9-22)36-27(13-15-35-16-14-27)24-12-7-21(29)18-25(24)30/h3-12,18H,2,13-17H2,1H3,(H,33,34). The van der Waals surface area contributed by atoms with Gasteiger partial charge in [0, 0.05) is 46.1 Å². The lowest BCUT2D eigenvalue weighted by Crippen LogP contribution is -2.39. The molecule has 1 aliphatic heterocycles. The Hall–Kier alpha value is -2.67. The Bertz CT molecular complexity index is 1190. The molecular weight excluding hydrogens is 507 g/mol. The van der Waals surface area contributed by atoms with E-state index in [9.17, 15) is 13.6 Å². The molecule has 0 bridgehead atoms. The Morgan fingerprint density at radius 1 is 1.03 bits per heavy atom. The normalized spacial score (nSPS) is 15.4. The summed E-state index contributed by atoms with van der Waals surface area (Å²) >= 11 is 12.6. The Balaban J connectivity index is 1.41. The summed E-state index contributed by atoms with van der Waals surface area (Å²) in [7, 11) is 0. The van der Waals surface area contributed by atoms with Crippen molar-refractivity contribution in [1.82, 2.24) is 0 Å². The van der Waals surface area contributed by atoms with Gasteiger partial charge in [0.2, 0.25) is 5.91 Å². The average molecular weight is 534 g/mol. The topological polar surface area (TPSA) is 47.6 Å². The van der Waals surface area contributed by atoms with Gasteiger partial charge in [-0.1, -0.05) is 60.5 Å². The first kappa shape index (κ1) is 26.4. The van der Waals surface area contributed by atoms with Gasteiger partial charge in [0.1, 0.15) is 11.4 Å². The van der Waals surface area contributed by atoms with Crippen LogP contribution in [0, 0.1) is 0 Å². The van der Waals surface area contributed by atoms with Crippen LogP contribution in [0.15, 0.2) is 66.7 Å². The summed E-state index contributed by atoms with van der Waals surface area (Å²) in [5, 5.41) is 3.93. The molecule has 1 saturated heterocycles. The highest BCUT2D eigenvalue weighted by Crippen LogP contribution is 2.41. The summed E-state index contributed by atoms with van der Waals surface area (Å²) in [4.78, 5) is 12.5. The van der Waals surface area contributed by atoms with Crippen molar-refractivity contribution in [2.24, 2.45) is 0 Å². The van der Waals surface area contributed by atoms with E-state index in [1.807, 2.05) is 6.07 Å². The SMILES string of the molecule is CCC(F)(F)c1ccc(CC(=O)Nc2ccc(OC3(c4ccc(Cl)cc4Cl)CCOCC3)cc2)cc1. The van der Waals surface area contributed by atoms with Crippen molar-refractivity contribution in [2.75, 3.05) is 18.5 Å². The number of alkyl halides is 2. The molecule has 4 rings (SSSR count). The van der Waals surface area contributed by atoms with Crippen LogP contribution in [0.4, 0.5) is 14.5 Å². The second-order valence-electron chi connectivity index (χ2n) is 8.84. The summed E-state index contributed by atoms with van der Waals surface area (Å²) in [5.74, 6) is -2.48. The molecule has 1 heterocycles. The van der Waals surface area contributed by atoms with E-state index in [0.29, 0.717) is 53.1 Å². The summed E-state index contributed by atoms with van der Waals surface area (Å²) in [6, 6.07) is 18.4. The van der Waals surface area contributed by atoms with Crippen molar-refractivity contribution in [3.63, 3.8) is 0 Å². The Labute approximate surface area is 219 Å². The third-order valence-electron chi connectivity index (χ3n) is 6.36. The number of amides is 1. The molecule has 1 fully saturated rings. The van der Waals surface area contributed by atoms with Crippen LogP contribution >= 0.6 is 23.2 Å². The van der Waals surface area contributed by atoms with Gasteiger partial charge in [-0.05, 0) is 42.0 Å². The molecule has 0 aliphatic carbocycles. The van der Waals surface area contributed by atoms with Crippen molar-refractivity contribution >= 4 is 34.8 Å². The van der Waals surface area contributed by atoms with Crippen molar-refractivity contribution in [2.45, 2.75) is 44.1 Å². The highest BCUT2D eigenvalue weighted by molar-refractivity contribution is 6.35. The quantitative estimate of drug-likeness (QED) is 0.321. The van der Waals surface area contributed by atoms with E-state index in [4.69, 9.17) is 32.7 Å². The average Bonchev–Trinajstić information content (AvgIpc) is 2.86. The summed E-state index contributed by atoms with van der Waals surface area (Å²) in [6.45, 7) is 2.53. The Morgan fingerprint density at radius 2 is 1.69 bits per heavy atom. The van der Waals surface area contributed by atoms with Crippen LogP contribution in [0.25, 0.3) is 0 Å². The van der Waals surface area contributed by atoms with Crippen molar-refractivity contribution in [3.8, 4) is 5.75 Å². The van der Waals surface area contributed by atoms with Crippen molar-refractivity contribution in [3.05, 3.63) is 93.5 Å². The highest BCUT2D eigenvalue weighted by Gasteiger charge is 2.38. The minimum Gasteiger partial charge on any atom is -0.482 e. The van der Waals surface area contributed by atoms with Gasteiger partial charge < -0.3 is 14.8 Å². The number of halogens is 4. The lowest BCUT2D eigenvalue weighted by Gasteiger charge is -2.38. The van der Waals surface area contributed by atoms with Crippen LogP contribution in [0.5, 0.6) is 5.75 Å². The number of carbonyl (C=O) groups excluding carboxylic acids is 1. The molecule has 0 atom stereocenters. The fourth-order valence-corrected chi connectivity index (χ4v) is 4.86. The molecule has 0 unspecified atom stereocenters. The van der Waals surface area contributed by atoms with Crippen LogP contribution < -0.4 is 10.1 Å². The number of hydrogen-bond donors (Lipinski definition) is 1. The van der Waals surface area contributed by atoms with Crippen LogP contribution in [0.3, 0.4) is 0 Å². The van der Waals surface area contributed by atoms with E-state index in [1.165, 1.54) is 19.1 Å². The molecule has 36 heavy (non-hydrogen) atoms. The van der Waals surface area contributed by atoms with Crippen LogP contribution in [-0.4, -0.2) is 19.1 Å². The molecule has 0 spiro atoms. The van der Waals surface area contributed by atoms with E-state index in [1.54, 1.807) is 48.5 Å². The zero-order chi connectivity index (χ0) is 25.8. The van der Waals surface area contributed by atoms with E-state index < -0.39 is 11.5 Å². The van der Waals surface area contributed by atoms with Crippen LogP contribution in [-0.2, 0) is 27.5 Å². The predicted octanol–water partition coefficient (Wildman–Crippen LogP) is 7.76. The molecule has 4 nitrogen and oxygen atoms in total. The van der Waals surface area contributed by atoms with Gasteiger partial charge in [-0.3, -0.25) is 4.79 Å². The lowest BCUT2D eigenvalue weighted by molar-refractivity contribution is -0.115. The summed E-state index contributed by atoms with van der Waals surface area (Å²) < 4.78 is 39.6. The molecule has 3 aromatic carbocycles. The third-order valence-corrected chi connectivity index (χ3v) is 6.91. The first-order valence-electron chi connectivity index (χ1n) is 11.8. The molecule has 1 N–H and O–H groups in total. The highest BCUT2D eigenvalue weighted by atomic mass is 35.5. The maximum Gasteiger partial charge on any atom is 0.273 e. The molecule has 8 heteroatoms. The number of benzene rings is 3. The van der Waals surface area contributed by atoms with Crippen LogP contribution in [0.2, 0.25) is 10.0 Å². The Kier molecular flexibility index (Phi) is 8.18. The number of nitrogens with one attached hydrogen (secondary N) is 1. The van der Waals surface area contributed by atoms with Crippen LogP contribution in [0.1, 0.15) is 42.9 Å². The van der Waals surface area contributed by atoms with Crippen molar-refractivity contribution in [1.29, 1.82) is 0 Å². The van der Waals surface area contributed by atoms with Gasteiger partial charge >= 0.3 is 0 Å². The maximum atomic E-state index is 13.8. The smallest absolute Gasteiger partial charge is 0.273 e. The molecule has 1 aliphatic rings. The van der Waals surface area contributed by atoms with Crippen molar-refractivity contribution < 1.29 is 23.0 Å². The molecule has 190 valence electrons. The van der Waals surface area contributed by atoms with Gasteiger partial charge in [-0.25, -0.2) is 8.78 Å². The lowest BCUT2D eigenvalue weighted by atomic mass is 9.86. The first-order valence-corrected chi connectivity index (χ1v) is 12.6. The monoisotopic (exact) mass is 533 g/mol. The molecular formula is C28H27Cl2F2NO3. The first-order chi connectivity index (χ1) is 17.2. The zero-order valence-corrected chi connectivity index (χ0v) is 21.3. The molecule has 3 aromatic rings. The van der Waals surface area contributed by atoms with Gasteiger partial charge in [0.25, 0.3) is 5.92 Å². The van der Waals surface area contributed by atoms with E-state index >= 15 is 0 Å². The minimum absolute atomic E-state index is 0.0491. The molecule has 0 aromatic heterocycles. The summed E-state index contributed by atoms with van der Waals surface area (Å²) in [5.41, 5.74) is 1.42. The fraction of sp³-hybridized carbons (Fsp3) is 0.321. The largest absolute Gasteiger partial charge is 0.482 e. The van der Waals surface area contributed by atoms with Gasteiger partial charge in [0.15, 0.2) is 0 Å². The number of anilines is 1. The maximum absolute atomic E-state index is 13.8. The van der Waals surface area contributed by atoms with E-state index in [2.05, 4.69) is 5.32 Å². The predicted molar refractivity (Wildman–Crippen MR) is 138 cm³/mol. The zero-order valence-electron chi connectivity index (χ0n) is 19.8. The Morgan fingerprint density at radius 3 is 2.31 bits per heavy atom. The number of rotatable bonds is 8. The van der Waals surface area contributed by atoms with E-state index in [0.717, 1.165) is 5.56 Å². The van der Waals surface area contributed by atoms with Gasteiger partial charge in [0.05, 0.1) is 19.6 Å². The second kappa shape index (κ2) is 11.2. The minimum atomic E-state index is -2.87. The van der Waals surface area contributed by atoms with Gasteiger partial charge in [-0.2, -0.15) is 0 Å². The number of ether oxygens (including phenoxy) is 2. The molecule has 0 saturated carbocycles. The molecule has 0 radical (unpaired) electrons. The second-order valence-corrected chi connectivity index (χ2v) is 9.68. The fourth-order valence-electron chi connectivity index (χ4n) is 4.28. The summed E-state index contributed by atoms with van der Waals surface area (Å²) in [6.07, 6.45) is 1.08. The van der Waals surface area contributed by atoms with E-state index in [-0.39, 0.29) is 24.3 Å². The number of carbonyl (C=O) groups is 1. The molecule has 1 amide bonds. The third kappa shape index (κ3) is 6.17. The van der Waals surface area contributed by atoms with Gasteiger partial charge in [-0.15, -0.1) is 0 Å². The number of hydrogen-bond acceptors (Lipinski definition) is 3.